The van der Waals surface area contributed by atoms with Gasteiger partial charge in [-0.1, -0.05) is 0 Å². The highest BCUT2D eigenvalue weighted by Crippen LogP contribution is 2.47. The molecule has 4 bridgehead atoms. The van der Waals surface area contributed by atoms with Crippen LogP contribution in [0.15, 0.2) is 0 Å². The monoisotopic (exact) mass is 307 g/mol. The van der Waals surface area contributed by atoms with Crippen LogP contribution >= 0.6 is 0 Å². The van der Waals surface area contributed by atoms with E-state index in [4.69, 9.17) is 0 Å². The molecule has 0 radical (unpaired) electrons. The molecule has 4 fully saturated rings. The fourth-order valence-electron chi connectivity index (χ4n) is 4.80. The van der Waals surface area contributed by atoms with Crippen LogP contribution in [-0.4, -0.2) is 41.5 Å². The van der Waals surface area contributed by atoms with Gasteiger partial charge in [-0.05, 0) is 70.6 Å². The van der Waals surface area contributed by atoms with Crippen molar-refractivity contribution in [3.63, 3.8) is 0 Å². The predicted molar refractivity (Wildman–Crippen MR) is 85.3 cm³/mol. The number of nitrogens with one attached hydrogen (secondary N) is 2. The van der Waals surface area contributed by atoms with Gasteiger partial charge in [0.1, 0.15) is 0 Å². The summed E-state index contributed by atoms with van der Waals surface area (Å²) in [5.74, 6) is 2.33. The third-order valence-corrected chi connectivity index (χ3v) is 5.31. The minimum absolute atomic E-state index is 0.178. The summed E-state index contributed by atoms with van der Waals surface area (Å²) in [6.45, 7) is 7.11. The fraction of sp³-hybridized carbons (Fsp3) is 0.882. The maximum absolute atomic E-state index is 12.2. The van der Waals surface area contributed by atoms with Gasteiger partial charge in [-0.3, -0.25) is 15.0 Å². The molecule has 2 N–H and O–H groups in total. The third kappa shape index (κ3) is 3.80. The number of amides is 3. The lowest BCUT2D eigenvalue weighted by Crippen LogP contribution is -2.51. The van der Waals surface area contributed by atoms with Crippen LogP contribution in [0.1, 0.15) is 52.9 Å². The molecule has 5 nitrogen and oxygen atoms in total. The van der Waals surface area contributed by atoms with Crippen LogP contribution in [0.25, 0.3) is 0 Å². The summed E-state index contributed by atoms with van der Waals surface area (Å²) in [5.41, 5.74) is -0.329. The minimum atomic E-state index is -0.391. The zero-order chi connectivity index (χ0) is 15.9. The highest BCUT2D eigenvalue weighted by molar-refractivity contribution is 5.95. The smallest absolute Gasteiger partial charge is 0.321 e. The lowest BCUT2D eigenvalue weighted by molar-refractivity contribution is -0.121. The molecule has 4 atom stereocenters. The largest absolute Gasteiger partial charge is 0.333 e. The van der Waals surface area contributed by atoms with E-state index in [1.807, 2.05) is 20.8 Å². The van der Waals surface area contributed by atoms with E-state index in [0.29, 0.717) is 12.6 Å². The van der Waals surface area contributed by atoms with E-state index in [9.17, 15) is 9.59 Å². The van der Waals surface area contributed by atoms with E-state index < -0.39 is 6.03 Å². The summed E-state index contributed by atoms with van der Waals surface area (Å²) >= 11 is 0. The molecular weight excluding hydrogens is 278 g/mol. The second-order valence-electron chi connectivity index (χ2n) is 8.61. The van der Waals surface area contributed by atoms with E-state index in [1.54, 1.807) is 0 Å². The van der Waals surface area contributed by atoms with Crippen molar-refractivity contribution >= 4 is 11.9 Å². The zero-order valence-corrected chi connectivity index (χ0v) is 14.0. The van der Waals surface area contributed by atoms with Crippen molar-refractivity contribution < 1.29 is 9.59 Å². The van der Waals surface area contributed by atoms with Crippen LogP contribution in [-0.2, 0) is 4.79 Å². The van der Waals surface area contributed by atoms with Crippen LogP contribution in [0.5, 0.6) is 0 Å². The molecule has 0 aromatic carbocycles. The average Bonchev–Trinajstić information content (AvgIpc) is 2.50. The van der Waals surface area contributed by atoms with Crippen molar-refractivity contribution in [2.75, 3.05) is 13.1 Å². The van der Waals surface area contributed by atoms with Crippen molar-refractivity contribution in [2.45, 2.75) is 64.5 Å². The fourth-order valence-corrected chi connectivity index (χ4v) is 4.80. The highest BCUT2D eigenvalue weighted by atomic mass is 16.2. The number of hydrogen-bond donors (Lipinski definition) is 2. The molecule has 2 unspecified atom stereocenters. The van der Waals surface area contributed by atoms with Gasteiger partial charge in [0, 0.05) is 18.1 Å². The van der Waals surface area contributed by atoms with Crippen LogP contribution in [0.2, 0.25) is 0 Å². The number of carbonyl (C=O) groups excluding carboxylic acids is 2. The van der Waals surface area contributed by atoms with Crippen molar-refractivity contribution in [3.8, 4) is 0 Å². The van der Waals surface area contributed by atoms with Crippen LogP contribution in [0.4, 0.5) is 4.79 Å². The molecule has 3 amide bonds. The van der Waals surface area contributed by atoms with Gasteiger partial charge in [0.05, 0.1) is 6.54 Å². The van der Waals surface area contributed by atoms with Gasteiger partial charge >= 0.3 is 6.03 Å². The van der Waals surface area contributed by atoms with E-state index in [2.05, 4.69) is 15.5 Å². The van der Waals surface area contributed by atoms with Gasteiger partial charge in [0.25, 0.3) is 0 Å². The molecule has 2 aliphatic heterocycles. The maximum atomic E-state index is 12.2. The van der Waals surface area contributed by atoms with E-state index in [0.717, 1.165) is 24.3 Å². The maximum Gasteiger partial charge on any atom is 0.321 e. The Morgan fingerprint density at radius 1 is 1.00 bits per heavy atom. The Bertz CT molecular complexity index is 443. The van der Waals surface area contributed by atoms with Gasteiger partial charge < -0.3 is 5.32 Å². The SMILES string of the molecule is CC(C)(C)NC(=O)NC(=O)CN1CC2C[C@@H]3CC1C[C@H](C2)C3. The normalized spacial score (nSPS) is 34.3. The standard InChI is InChI=1S/C17H29N3O2/c1-17(2,3)19-16(22)18-15(21)10-20-9-13-5-11-4-12(6-13)8-14(20)7-11/h11-14H,4-10H2,1-3H3,(H2,18,19,21,22)/t11-,12+,13?,14?. The summed E-state index contributed by atoms with van der Waals surface area (Å²) in [7, 11) is 0. The van der Waals surface area contributed by atoms with E-state index in [1.165, 1.54) is 32.1 Å². The van der Waals surface area contributed by atoms with Crippen molar-refractivity contribution in [2.24, 2.45) is 17.8 Å². The van der Waals surface area contributed by atoms with E-state index >= 15 is 0 Å². The molecule has 2 saturated heterocycles. The Morgan fingerprint density at radius 3 is 2.18 bits per heavy atom. The molecule has 4 rings (SSSR count). The summed E-state index contributed by atoms with van der Waals surface area (Å²) in [5, 5.41) is 5.25. The predicted octanol–water partition coefficient (Wildman–Crippen LogP) is 2.12. The average molecular weight is 307 g/mol. The number of carbonyl (C=O) groups is 2. The van der Waals surface area contributed by atoms with Crippen molar-refractivity contribution in [1.82, 2.24) is 15.5 Å². The molecule has 124 valence electrons. The quantitative estimate of drug-likeness (QED) is 0.821. The number of fused-ring (bicyclic) bond motifs is 1. The first-order chi connectivity index (χ1) is 10.3. The molecule has 2 aliphatic carbocycles. The summed E-state index contributed by atoms with van der Waals surface area (Å²) in [6, 6.07) is 0.158. The third-order valence-electron chi connectivity index (χ3n) is 5.31. The number of urea groups is 1. The molecule has 2 heterocycles. The van der Waals surface area contributed by atoms with Crippen LogP contribution in [0.3, 0.4) is 0 Å². The first kappa shape index (κ1) is 15.8. The lowest BCUT2D eigenvalue weighted by atomic mass is 9.68. The first-order valence-electron chi connectivity index (χ1n) is 8.64. The number of rotatable bonds is 2. The molecule has 0 aromatic rings. The van der Waals surface area contributed by atoms with Gasteiger partial charge in [-0.2, -0.15) is 0 Å². The summed E-state index contributed by atoms with van der Waals surface area (Å²) < 4.78 is 0. The molecule has 0 aromatic heterocycles. The van der Waals surface area contributed by atoms with Crippen LogP contribution < -0.4 is 10.6 Å². The van der Waals surface area contributed by atoms with Gasteiger partial charge in [-0.25, -0.2) is 4.79 Å². The summed E-state index contributed by atoms with van der Waals surface area (Å²) in [6.07, 6.45) is 6.58. The minimum Gasteiger partial charge on any atom is -0.333 e. The molecular formula is C17H29N3O2. The van der Waals surface area contributed by atoms with E-state index in [-0.39, 0.29) is 11.4 Å². The number of imide groups is 1. The lowest BCUT2D eigenvalue weighted by Gasteiger charge is -2.39. The van der Waals surface area contributed by atoms with Gasteiger partial charge in [0.15, 0.2) is 0 Å². The second kappa shape index (κ2) is 5.84. The molecule has 4 aliphatic rings. The Balaban J connectivity index is 1.54. The van der Waals surface area contributed by atoms with Crippen LogP contribution in [0, 0.1) is 17.8 Å². The highest BCUT2D eigenvalue weighted by Gasteiger charge is 2.42. The topological polar surface area (TPSA) is 61.4 Å². The number of nitrogens with zero attached hydrogens (tertiary/aromatic N) is 1. The zero-order valence-electron chi connectivity index (χ0n) is 14.0. The first-order valence-corrected chi connectivity index (χ1v) is 8.64. The Hall–Kier alpha value is -1.10. The van der Waals surface area contributed by atoms with Gasteiger partial charge in [0.2, 0.25) is 5.91 Å². The number of hydrogen-bond acceptors (Lipinski definition) is 3. The van der Waals surface area contributed by atoms with Crippen molar-refractivity contribution in [3.05, 3.63) is 0 Å². The molecule has 5 heteroatoms. The molecule has 0 spiro atoms. The summed E-state index contributed by atoms with van der Waals surface area (Å²) in [4.78, 5) is 26.3. The Kier molecular flexibility index (Phi) is 4.19. The molecule has 22 heavy (non-hydrogen) atoms. The Labute approximate surface area is 133 Å². The van der Waals surface area contributed by atoms with Gasteiger partial charge in [-0.15, -0.1) is 0 Å². The second-order valence-corrected chi connectivity index (χ2v) is 8.61. The van der Waals surface area contributed by atoms with Crippen molar-refractivity contribution in [1.29, 1.82) is 0 Å². The Morgan fingerprint density at radius 2 is 1.59 bits per heavy atom. The molecule has 2 saturated carbocycles.